The summed E-state index contributed by atoms with van der Waals surface area (Å²) in [6.07, 6.45) is 1.19. The van der Waals surface area contributed by atoms with Crippen molar-refractivity contribution in [3.8, 4) is 0 Å². The van der Waals surface area contributed by atoms with Crippen LogP contribution in [0.4, 0.5) is 8.78 Å². The highest BCUT2D eigenvalue weighted by atomic mass is 32.2. The van der Waals surface area contributed by atoms with Gasteiger partial charge in [0.15, 0.2) is 0 Å². The third-order valence-electron chi connectivity index (χ3n) is 2.99. The van der Waals surface area contributed by atoms with Crippen molar-refractivity contribution < 1.29 is 18.7 Å². The van der Waals surface area contributed by atoms with Gasteiger partial charge in [-0.2, -0.15) is 0 Å². The summed E-state index contributed by atoms with van der Waals surface area (Å²) in [6.45, 7) is 4.18. The quantitative estimate of drug-likeness (QED) is 0.724. The normalized spacial score (nSPS) is 14.0. The van der Waals surface area contributed by atoms with E-state index in [1.807, 2.05) is 6.92 Å². The summed E-state index contributed by atoms with van der Waals surface area (Å²) in [5, 5.41) is 12.2. The molecule has 0 heterocycles. The highest BCUT2D eigenvalue weighted by molar-refractivity contribution is 7.99. The Labute approximate surface area is 121 Å². The maximum Gasteiger partial charge on any atom is 0.323 e. The van der Waals surface area contributed by atoms with Crippen molar-refractivity contribution in [2.24, 2.45) is 0 Å². The first-order chi connectivity index (χ1) is 9.39. The van der Waals surface area contributed by atoms with E-state index in [2.05, 4.69) is 5.32 Å². The van der Waals surface area contributed by atoms with Crippen molar-refractivity contribution in [1.29, 1.82) is 0 Å². The van der Waals surface area contributed by atoms with Crippen LogP contribution in [0.25, 0.3) is 0 Å². The Morgan fingerprint density at radius 3 is 2.70 bits per heavy atom. The first-order valence-electron chi connectivity index (χ1n) is 6.45. The molecule has 0 aliphatic carbocycles. The van der Waals surface area contributed by atoms with Crippen LogP contribution < -0.4 is 5.32 Å². The van der Waals surface area contributed by atoms with Crippen LogP contribution in [-0.2, 0) is 4.79 Å². The van der Waals surface area contributed by atoms with Crippen LogP contribution in [0.3, 0.4) is 0 Å². The fourth-order valence-corrected chi connectivity index (χ4v) is 2.72. The molecule has 20 heavy (non-hydrogen) atoms. The van der Waals surface area contributed by atoms with E-state index in [0.29, 0.717) is 23.6 Å². The smallest absolute Gasteiger partial charge is 0.323 e. The van der Waals surface area contributed by atoms with E-state index in [-0.39, 0.29) is 0 Å². The van der Waals surface area contributed by atoms with E-state index >= 15 is 0 Å². The minimum absolute atomic E-state index is 0.328. The summed E-state index contributed by atoms with van der Waals surface area (Å²) in [6, 6.07) is 3.39. The topological polar surface area (TPSA) is 49.3 Å². The summed E-state index contributed by atoms with van der Waals surface area (Å²) in [7, 11) is 0. The first kappa shape index (κ1) is 16.9. The van der Waals surface area contributed by atoms with Crippen molar-refractivity contribution in [3.63, 3.8) is 0 Å². The number of benzene rings is 1. The van der Waals surface area contributed by atoms with Gasteiger partial charge in [-0.05, 0) is 38.4 Å². The maximum atomic E-state index is 13.4. The number of hydrogen-bond donors (Lipinski definition) is 2. The van der Waals surface area contributed by atoms with Crippen molar-refractivity contribution in [3.05, 3.63) is 29.8 Å². The third-order valence-corrected chi connectivity index (χ3v) is 4.04. The largest absolute Gasteiger partial charge is 0.480 e. The number of nitrogens with one attached hydrogen (secondary N) is 1. The van der Waals surface area contributed by atoms with E-state index in [9.17, 15) is 18.7 Å². The van der Waals surface area contributed by atoms with Crippen LogP contribution in [0.2, 0.25) is 0 Å². The van der Waals surface area contributed by atoms with Gasteiger partial charge >= 0.3 is 5.97 Å². The third kappa shape index (κ3) is 4.76. The minimum atomic E-state index is -1.03. The predicted octanol–water partition coefficient (Wildman–Crippen LogP) is 3.29. The molecular weight excluding hydrogens is 284 g/mol. The van der Waals surface area contributed by atoms with Gasteiger partial charge in [0, 0.05) is 16.7 Å². The van der Waals surface area contributed by atoms with Crippen molar-refractivity contribution in [2.75, 3.05) is 12.3 Å². The standard InChI is InChI=1S/C14H19F2NO2S/c1-3-7-17-14(2,13(18)19)6-8-20-12-5-4-10(15)9-11(12)16/h4-5,9,17H,3,6-8H2,1-2H3,(H,18,19). The molecule has 0 fully saturated rings. The van der Waals surface area contributed by atoms with E-state index < -0.39 is 23.1 Å². The van der Waals surface area contributed by atoms with Gasteiger partial charge in [0.05, 0.1) is 0 Å². The summed E-state index contributed by atoms with van der Waals surface area (Å²) in [5.41, 5.74) is -1.03. The maximum absolute atomic E-state index is 13.4. The molecule has 2 N–H and O–H groups in total. The molecule has 0 aliphatic heterocycles. The molecule has 0 aromatic heterocycles. The number of carbonyl (C=O) groups is 1. The molecule has 1 unspecified atom stereocenters. The molecule has 0 amide bonds. The minimum Gasteiger partial charge on any atom is -0.480 e. The van der Waals surface area contributed by atoms with Crippen LogP contribution in [0, 0.1) is 11.6 Å². The SMILES string of the molecule is CCCNC(C)(CCSc1ccc(F)cc1F)C(=O)O. The molecule has 1 rings (SSSR count). The fourth-order valence-electron chi connectivity index (χ4n) is 1.63. The van der Waals surface area contributed by atoms with Crippen molar-refractivity contribution in [1.82, 2.24) is 5.32 Å². The van der Waals surface area contributed by atoms with Gasteiger partial charge in [-0.15, -0.1) is 11.8 Å². The van der Waals surface area contributed by atoms with Crippen molar-refractivity contribution >= 4 is 17.7 Å². The van der Waals surface area contributed by atoms with E-state index in [0.717, 1.165) is 12.5 Å². The molecule has 0 aliphatic rings. The zero-order valence-corrected chi connectivity index (χ0v) is 12.4. The second-order valence-electron chi connectivity index (χ2n) is 4.74. The zero-order valence-electron chi connectivity index (χ0n) is 11.6. The molecule has 0 spiro atoms. The number of thioether (sulfide) groups is 1. The van der Waals surface area contributed by atoms with Gasteiger partial charge in [-0.3, -0.25) is 4.79 Å². The average Bonchev–Trinajstić information content (AvgIpc) is 2.38. The Hall–Kier alpha value is -1.14. The molecule has 1 aromatic carbocycles. The predicted molar refractivity (Wildman–Crippen MR) is 76.0 cm³/mol. The molecule has 0 bridgehead atoms. The van der Waals surface area contributed by atoms with E-state index in [1.165, 1.54) is 23.9 Å². The van der Waals surface area contributed by atoms with E-state index in [4.69, 9.17) is 0 Å². The molecular formula is C14H19F2NO2S. The number of carboxylic acids is 1. The van der Waals surface area contributed by atoms with Gasteiger partial charge in [-0.1, -0.05) is 6.92 Å². The van der Waals surface area contributed by atoms with Crippen LogP contribution in [-0.4, -0.2) is 28.9 Å². The Bertz CT molecular complexity index is 470. The Kier molecular flexibility index (Phi) is 6.42. The van der Waals surface area contributed by atoms with Gasteiger partial charge < -0.3 is 10.4 Å². The molecule has 0 saturated heterocycles. The average molecular weight is 303 g/mol. The lowest BCUT2D eigenvalue weighted by Gasteiger charge is -2.26. The monoisotopic (exact) mass is 303 g/mol. The summed E-state index contributed by atoms with van der Waals surface area (Å²) < 4.78 is 26.2. The highest BCUT2D eigenvalue weighted by Gasteiger charge is 2.31. The van der Waals surface area contributed by atoms with E-state index in [1.54, 1.807) is 6.92 Å². The van der Waals surface area contributed by atoms with Crippen molar-refractivity contribution in [2.45, 2.75) is 37.1 Å². The first-order valence-corrected chi connectivity index (χ1v) is 7.44. The lowest BCUT2D eigenvalue weighted by Crippen LogP contribution is -2.50. The molecule has 0 radical (unpaired) electrons. The van der Waals surface area contributed by atoms with Gasteiger partial charge in [-0.25, -0.2) is 8.78 Å². The molecule has 112 valence electrons. The number of hydrogen-bond acceptors (Lipinski definition) is 3. The van der Waals surface area contributed by atoms with Gasteiger partial charge in [0.25, 0.3) is 0 Å². The number of aliphatic carboxylic acids is 1. The Morgan fingerprint density at radius 1 is 1.45 bits per heavy atom. The fraction of sp³-hybridized carbons (Fsp3) is 0.500. The molecule has 6 heteroatoms. The van der Waals surface area contributed by atoms with Crippen LogP contribution in [0.15, 0.2) is 23.1 Å². The number of halogens is 2. The Balaban J connectivity index is 2.58. The van der Waals surface area contributed by atoms with Crippen LogP contribution >= 0.6 is 11.8 Å². The Morgan fingerprint density at radius 2 is 2.15 bits per heavy atom. The number of carboxylic acid groups (broad SMARTS) is 1. The molecule has 0 saturated carbocycles. The van der Waals surface area contributed by atoms with Crippen LogP contribution in [0.1, 0.15) is 26.7 Å². The number of rotatable bonds is 8. The van der Waals surface area contributed by atoms with Gasteiger partial charge in [0.1, 0.15) is 17.2 Å². The molecule has 3 nitrogen and oxygen atoms in total. The van der Waals surface area contributed by atoms with Gasteiger partial charge in [0.2, 0.25) is 0 Å². The summed E-state index contributed by atoms with van der Waals surface area (Å²) in [5.74, 6) is -1.73. The lowest BCUT2D eigenvalue weighted by atomic mass is 9.99. The second-order valence-corrected chi connectivity index (χ2v) is 5.87. The van der Waals surface area contributed by atoms with Crippen LogP contribution in [0.5, 0.6) is 0 Å². The summed E-state index contributed by atoms with van der Waals surface area (Å²) in [4.78, 5) is 11.6. The zero-order chi connectivity index (χ0) is 15.2. The molecule has 1 aromatic rings. The summed E-state index contributed by atoms with van der Waals surface area (Å²) >= 11 is 1.19. The molecule has 1 atom stereocenters. The lowest BCUT2D eigenvalue weighted by molar-refractivity contribution is -0.144. The highest BCUT2D eigenvalue weighted by Crippen LogP contribution is 2.25. The second kappa shape index (κ2) is 7.59.